The van der Waals surface area contributed by atoms with Gasteiger partial charge in [-0.2, -0.15) is 0 Å². The predicted octanol–water partition coefficient (Wildman–Crippen LogP) is 6.06. The van der Waals surface area contributed by atoms with Crippen LogP contribution in [0, 0.1) is 0 Å². The number of aliphatic hydroxyl groups excluding tert-OH is 1. The number of unbranched alkanes of at least 4 members (excludes halogenated alkanes) is 7. The Morgan fingerprint density at radius 2 is 1.80 bits per heavy atom. The summed E-state index contributed by atoms with van der Waals surface area (Å²) in [5.74, 6) is -0.684. The van der Waals surface area contributed by atoms with Gasteiger partial charge in [-0.3, -0.25) is 4.79 Å². The van der Waals surface area contributed by atoms with Gasteiger partial charge in [0, 0.05) is 16.2 Å². The Balaban J connectivity index is 2.11. The van der Waals surface area contributed by atoms with Gasteiger partial charge in [-0.1, -0.05) is 57.9 Å². The van der Waals surface area contributed by atoms with Crippen LogP contribution in [-0.2, 0) is 11.2 Å². The number of aryl methyl sites for hydroxylation is 1. The van der Waals surface area contributed by atoms with E-state index in [1.807, 2.05) is 23.5 Å². The first kappa shape index (κ1) is 21.9. The van der Waals surface area contributed by atoms with Crippen molar-refractivity contribution in [2.75, 3.05) is 0 Å². The summed E-state index contributed by atoms with van der Waals surface area (Å²) < 4.78 is 0. The zero-order chi connectivity index (χ0) is 18.3. The Kier molecular flexibility index (Phi) is 12.3. The van der Waals surface area contributed by atoms with Crippen LogP contribution in [0.2, 0.25) is 0 Å². The standard InChI is InChI=1S/C21H34O3S/c1-2-3-8-11-18(22)14-15-20-17-16-19(25-20)12-9-6-4-5-7-10-13-21(23)24/h14-18,22H,2-13H2,1H3,(H,23,24). The van der Waals surface area contributed by atoms with Crippen molar-refractivity contribution in [3.8, 4) is 0 Å². The fraction of sp³-hybridized carbons (Fsp3) is 0.667. The van der Waals surface area contributed by atoms with Gasteiger partial charge in [0.05, 0.1) is 6.10 Å². The van der Waals surface area contributed by atoms with Gasteiger partial charge in [-0.15, -0.1) is 11.3 Å². The predicted molar refractivity (Wildman–Crippen MR) is 107 cm³/mol. The number of carboxylic acids is 1. The average molecular weight is 367 g/mol. The molecule has 0 bridgehead atoms. The summed E-state index contributed by atoms with van der Waals surface area (Å²) >= 11 is 1.82. The van der Waals surface area contributed by atoms with Gasteiger partial charge in [0.25, 0.3) is 0 Å². The number of hydrogen-bond donors (Lipinski definition) is 2. The van der Waals surface area contributed by atoms with Crippen molar-refractivity contribution >= 4 is 23.4 Å². The van der Waals surface area contributed by atoms with Crippen LogP contribution in [0.4, 0.5) is 0 Å². The van der Waals surface area contributed by atoms with Gasteiger partial charge in [0.1, 0.15) is 0 Å². The van der Waals surface area contributed by atoms with Crippen molar-refractivity contribution in [2.45, 2.75) is 90.1 Å². The maximum absolute atomic E-state index is 10.4. The quantitative estimate of drug-likeness (QED) is 0.371. The smallest absolute Gasteiger partial charge is 0.303 e. The molecular weight excluding hydrogens is 332 g/mol. The van der Waals surface area contributed by atoms with E-state index in [9.17, 15) is 9.90 Å². The van der Waals surface area contributed by atoms with Crippen molar-refractivity contribution < 1.29 is 15.0 Å². The fourth-order valence-electron chi connectivity index (χ4n) is 2.81. The molecule has 1 atom stereocenters. The monoisotopic (exact) mass is 366 g/mol. The number of carbonyl (C=O) groups is 1. The summed E-state index contributed by atoms with van der Waals surface area (Å²) in [5.41, 5.74) is 0. The zero-order valence-corrected chi connectivity index (χ0v) is 16.4. The Morgan fingerprint density at radius 1 is 1.08 bits per heavy atom. The first-order valence-electron chi connectivity index (χ1n) is 9.78. The molecule has 2 N–H and O–H groups in total. The molecule has 0 radical (unpaired) electrons. The van der Waals surface area contributed by atoms with E-state index in [4.69, 9.17) is 5.11 Å². The highest BCUT2D eigenvalue weighted by molar-refractivity contribution is 7.12. The third-order valence-electron chi connectivity index (χ3n) is 4.33. The second-order valence-corrected chi connectivity index (χ2v) is 7.94. The molecule has 0 aliphatic carbocycles. The van der Waals surface area contributed by atoms with Crippen LogP contribution in [0.15, 0.2) is 18.2 Å². The number of aliphatic hydroxyl groups is 1. The lowest BCUT2D eigenvalue weighted by atomic mass is 10.1. The molecule has 0 saturated carbocycles. The molecule has 0 fully saturated rings. The van der Waals surface area contributed by atoms with Crippen LogP contribution in [-0.4, -0.2) is 22.3 Å². The first-order chi connectivity index (χ1) is 12.1. The molecule has 4 heteroatoms. The molecule has 1 heterocycles. The topological polar surface area (TPSA) is 57.5 Å². The molecular formula is C21H34O3S. The van der Waals surface area contributed by atoms with E-state index >= 15 is 0 Å². The molecule has 1 aromatic heterocycles. The highest BCUT2D eigenvalue weighted by Crippen LogP contribution is 2.21. The van der Waals surface area contributed by atoms with Gasteiger partial charge in [-0.05, 0) is 43.9 Å². The first-order valence-corrected chi connectivity index (χ1v) is 10.6. The lowest BCUT2D eigenvalue weighted by molar-refractivity contribution is -0.137. The second kappa shape index (κ2) is 14.1. The molecule has 0 spiro atoms. The summed E-state index contributed by atoms with van der Waals surface area (Å²) in [6, 6.07) is 4.34. The normalized spacial score (nSPS) is 12.7. The summed E-state index contributed by atoms with van der Waals surface area (Å²) in [6.07, 6.45) is 16.0. The van der Waals surface area contributed by atoms with Gasteiger partial charge < -0.3 is 10.2 Å². The Bertz CT molecular complexity index is 493. The molecule has 0 aliphatic rings. The lowest BCUT2D eigenvalue weighted by Crippen LogP contribution is -2.00. The molecule has 142 valence electrons. The fourth-order valence-corrected chi connectivity index (χ4v) is 3.77. The molecule has 1 rings (SSSR count). The van der Waals surface area contributed by atoms with Crippen LogP contribution < -0.4 is 0 Å². The Labute approximate surface area is 156 Å². The Morgan fingerprint density at radius 3 is 2.52 bits per heavy atom. The number of carboxylic acid groups (broad SMARTS) is 1. The van der Waals surface area contributed by atoms with E-state index < -0.39 is 5.97 Å². The number of aliphatic carboxylic acids is 1. The second-order valence-electron chi connectivity index (χ2n) is 6.74. The van der Waals surface area contributed by atoms with Crippen LogP contribution >= 0.6 is 11.3 Å². The number of thiophene rings is 1. The SMILES string of the molecule is CCCCCC(O)C=Cc1ccc(CCCCCCCCC(=O)O)s1. The highest BCUT2D eigenvalue weighted by Gasteiger charge is 2.01. The highest BCUT2D eigenvalue weighted by atomic mass is 32.1. The minimum atomic E-state index is -0.684. The van der Waals surface area contributed by atoms with Crippen LogP contribution in [0.5, 0.6) is 0 Å². The molecule has 3 nitrogen and oxygen atoms in total. The maximum Gasteiger partial charge on any atom is 0.303 e. The lowest BCUT2D eigenvalue weighted by Gasteiger charge is -2.03. The summed E-state index contributed by atoms with van der Waals surface area (Å²) in [6.45, 7) is 2.18. The van der Waals surface area contributed by atoms with Crippen LogP contribution in [0.25, 0.3) is 6.08 Å². The molecule has 0 aliphatic heterocycles. The van der Waals surface area contributed by atoms with E-state index in [0.29, 0.717) is 6.42 Å². The van der Waals surface area contributed by atoms with Gasteiger partial charge in [-0.25, -0.2) is 0 Å². The molecule has 25 heavy (non-hydrogen) atoms. The summed E-state index contributed by atoms with van der Waals surface area (Å²) in [7, 11) is 0. The molecule has 0 aromatic carbocycles. The third-order valence-corrected chi connectivity index (χ3v) is 5.44. The van der Waals surface area contributed by atoms with Crippen molar-refractivity contribution in [3.05, 3.63) is 28.0 Å². The summed E-state index contributed by atoms with van der Waals surface area (Å²) in [4.78, 5) is 13.0. The average Bonchev–Trinajstić information content (AvgIpc) is 3.03. The van der Waals surface area contributed by atoms with Gasteiger partial charge in [0.2, 0.25) is 0 Å². The minimum Gasteiger partial charge on any atom is -0.481 e. The van der Waals surface area contributed by atoms with Crippen LogP contribution in [0.3, 0.4) is 0 Å². The molecule has 0 saturated heterocycles. The molecule has 1 aromatic rings. The van der Waals surface area contributed by atoms with E-state index in [2.05, 4.69) is 19.1 Å². The van der Waals surface area contributed by atoms with Gasteiger partial charge in [0.15, 0.2) is 0 Å². The third kappa shape index (κ3) is 12.0. The van der Waals surface area contributed by atoms with Gasteiger partial charge >= 0.3 is 5.97 Å². The number of hydrogen-bond acceptors (Lipinski definition) is 3. The van der Waals surface area contributed by atoms with Crippen molar-refractivity contribution in [2.24, 2.45) is 0 Å². The molecule has 0 amide bonds. The minimum absolute atomic E-state index is 0.304. The van der Waals surface area contributed by atoms with E-state index in [-0.39, 0.29) is 6.10 Å². The summed E-state index contributed by atoms with van der Waals surface area (Å²) in [5, 5.41) is 18.5. The largest absolute Gasteiger partial charge is 0.481 e. The van der Waals surface area contributed by atoms with Crippen molar-refractivity contribution in [1.29, 1.82) is 0 Å². The van der Waals surface area contributed by atoms with E-state index in [0.717, 1.165) is 38.5 Å². The van der Waals surface area contributed by atoms with Crippen molar-refractivity contribution in [1.82, 2.24) is 0 Å². The Hall–Kier alpha value is -1.13. The zero-order valence-electron chi connectivity index (χ0n) is 15.6. The van der Waals surface area contributed by atoms with Crippen molar-refractivity contribution in [3.63, 3.8) is 0 Å². The van der Waals surface area contributed by atoms with E-state index in [1.54, 1.807) is 0 Å². The number of rotatable bonds is 15. The molecule has 1 unspecified atom stereocenters. The van der Waals surface area contributed by atoms with Crippen LogP contribution in [0.1, 0.15) is 87.3 Å². The van der Waals surface area contributed by atoms with E-state index in [1.165, 1.54) is 41.9 Å². The maximum atomic E-state index is 10.4.